The molecule has 1 fully saturated rings. The smallest absolute Gasteiger partial charge is 0.416 e. The maximum Gasteiger partial charge on any atom is 0.416 e. The third kappa shape index (κ3) is 7.95. The molecule has 4 rings (SSSR count). The number of ether oxygens (including phenoxy) is 1. The molecule has 3 aromatic rings. The van der Waals surface area contributed by atoms with Crippen LogP contribution in [0.15, 0.2) is 54.7 Å². The molecule has 0 unspecified atom stereocenters. The zero-order chi connectivity index (χ0) is 28.7. The van der Waals surface area contributed by atoms with Crippen molar-refractivity contribution < 1.29 is 32.9 Å². The average Bonchev–Trinajstić information content (AvgIpc) is 2.94. The number of nitrogens with zero attached hydrogens (tertiary/aromatic N) is 2. The first kappa shape index (κ1) is 29.8. The van der Waals surface area contributed by atoms with Gasteiger partial charge in [-0.25, -0.2) is 0 Å². The first-order chi connectivity index (χ1) is 19.1. The summed E-state index contributed by atoms with van der Waals surface area (Å²) >= 11 is 0. The van der Waals surface area contributed by atoms with Crippen LogP contribution in [0.5, 0.6) is 5.75 Å². The zero-order valence-electron chi connectivity index (χ0n) is 22.7. The Bertz CT molecular complexity index is 1270. The van der Waals surface area contributed by atoms with Gasteiger partial charge in [-0.15, -0.1) is 0 Å². The van der Waals surface area contributed by atoms with E-state index in [0.29, 0.717) is 30.9 Å². The molecule has 1 aromatic heterocycles. The molecule has 2 heterocycles. The van der Waals surface area contributed by atoms with E-state index in [4.69, 9.17) is 4.74 Å². The molecule has 3 atom stereocenters. The molecule has 0 radical (unpaired) electrons. The molecular formula is C31H37F3N2O4. The Hall–Kier alpha value is -3.17. The molecule has 6 nitrogen and oxygen atoms in total. The fraction of sp³-hybridized carbons (Fsp3) is 0.484. The van der Waals surface area contributed by atoms with Crippen LogP contribution in [-0.4, -0.2) is 52.8 Å². The minimum Gasteiger partial charge on any atom is -0.497 e. The zero-order valence-corrected chi connectivity index (χ0v) is 22.7. The molecule has 0 spiro atoms. The van der Waals surface area contributed by atoms with Crippen molar-refractivity contribution in [3.63, 3.8) is 0 Å². The first-order valence-electron chi connectivity index (χ1n) is 13.8. The fourth-order valence-electron chi connectivity index (χ4n) is 5.83. The Labute approximate surface area is 232 Å². The normalized spacial score (nSPS) is 19.0. The highest BCUT2D eigenvalue weighted by Gasteiger charge is 2.31. The number of aliphatic hydroxyl groups excluding tert-OH is 1. The van der Waals surface area contributed by atoms with Crippen molar-refractivity contribution in [2.24, 2.45) is 11.8 Å². The molecule has 216 valence electrons. The van der Waals surface area contributed by atoms with E-state index in [0.717, 1.165) is 73.1 Å². The predicted octanol–water partition coefficient (Wildman–Crippen LogP) is 6.51. The van der Waals surface area contributed by atoms with Gasteiger partial charge in [-0.1, -0.05) is 12.1 Å². The fourth-order valence-corrected chi connectivity index (χ4v) is 5.83. The Morgan fingerprint density at radius 3 is 2.60 bits per heavy atom. The number of alkyl halides is 3. The number of benzene rings is 2. The van der Waals surface area contributed by atoms with Crippen LogP contribution in [0, 0.1) is 11.8 Å². The molecule has 2 N–H and O–H groups in total. The van der Waals surface area contributed by atoms with Crippen LogP contribution in [0.2, 0.25) is 0 Å². The van der Waals surface area contributed by atoms with E-state index in [-0.39, 0.29) is 12.3 Å². The van der Waals surface area contributed by atoms with Crippen molar-refractivity contribution in [2.75, 3.05) is 26.7 Å². The number of hydrogen-bond donors (Lipinski definition) is 2. The maximum absolute atomic E-state index is 12.8. The number of carboxylic acids is 1. The van der Waals surface area contributed by atoms with Gasteiger partial charge in [0.05, 0.1) is 24.3 Å². The molecule has 40 heavy (non-hydrogen) atoms. The number of halogens is 3. The minimum atomic E-state index is -4.33. The average molecular weight is 559 g/mol. The quantitative estimate of drug-likeness (QED) is 0.264. The second-order valence-electron chi connectivity index (χ2n) is 10.7. The molecule has 9 heteroatoms. The molecule has 0 aliphatic carbocycles. The molecule has 2 aromatic carbocycles. The number of carboxylic acid groups (broad SMARTS) is 1. The van der Waals surface area contributed by atoms with E-state index in [9.17, 15) is 28.2 Å². The van der Waals surface area contributed by atoms with E-state index in [1.54, 1.807) is 13.3 Å². The number of hydrogen-bond acceptors (Lipinski definition) is 5. The monoisotopic (exact) mass is 558 g/mol. The minimum absolute atomic E-state index is 0.109. The highest BCUT2D eigenvalue weighted by molar-refractivity contribution is 5.83. The number of likely N-dealkylation sites (tertiary alicyclic amines) is 1. The topological polar surface area (TPSA) is 82.9 Å². The van der Waals surface area contributed by atoms with Crippen LogP contribution in [0.25, 0.3) is 10.9 Å². The number of aliphatic carboxylic acids is 1. The molecule has 1 saturated heterocycles. The van der Waals surface area contributed by atoms with Gasteiger partial charge in [-0.3, -0.25) is 9.78 Å². The number of aryl methyl sites for hydroxylation is 1. The van der Waals surface area contributed by atoms with Gasteiger partial charge in [-0.05, 0) is 111 Å². The number of fused-ring (bicyclic) bond motifs is 1. The van der Waals surface area contributed by atoms with Crippen molar-refractivity contribution >= 4 is 16.9 Å². The van der Waals surface area contributed by atoms with Crippen molar-refractivity contribution in [2.45, 2.75) is 57.2 Å². The Morgan fingerprint density at radius 1 is 1.12 bits per heavy atom. The number of rotatable bonds is 12. The molecule has 1 aliphatic heterocycles. The summed E-state index contributed by atoms with van der Waals surface area (Å²) in [5.41, 5.74) is 1.84. The second kappa shape index (κ2) is 13.5. The van der Waals surface area contributed by atoms with E-state index in [1.807, 2.05) is 24.3 Å². The SMILES string of the molecule is COc1ccc2nccc([C@H](O)CC[C@@H]3CCN(CCCc4ccc(C(F)(F)F)cc4)C[C@H]3CCC(=O)O)c2c1. The van der Waals surface area contributed by atoms with Gasteiger partial charge in [0, 0.05) is 24.5 Å². The Kier molecular flexibility index (Phi) is 10.0. The number of piperidine rings is 1. The van der Waals surface area contributed by atoms with E-state index >= 15 is 0 Å². The summed E-state index contributed by atoms with van der Waals surface area (Å²) in [6.07, 6.45) is 1.18. The lowest BCUT2D eigenvalue weighted by atomic mass is 9.79. The highest BCUT2D eigenvalue weighted by atomic mass is 19.4. The summed E-state index contributed by atoms with van der Waals surface area (Å²) in [7, 11) is 1.60. The van der Waals surface area contributed by atoms with Gasteiger partial charge in [0.25, 0.3) is 0 Å². The van der Waals surface area contributed by atoms with Gasteiger partial charge < -0.3 is 19.8 Å². The second-order valence-corrected chi connectivity index (χ2v) is 10.7. The van der Waals surface area contributed by atoms with Gasteiger partial charge in [-0.2, -0.15) is 13.2 Å². The summed E-state index contributed by atoms with van der Waals surface area (Å²) in [4.78, 5) is 18.1. The van der Waals surface area contributed by atoms with Crippen LogP contribution < -0.4 is 4.74 Å². The van der Waals surface area contributed by atoms with Gasteiger partial charge >= 0.3 is 12.1 Å². The Morgan fingerprint density at radius 2 is 1.90 bits per heavy atom. The third-order valence-electron chi connectivity index (χ3n) is 8.08. The van der Waals surface area contributed by atoms with Crippen LogP contribution in [0.4, 0.5) is 13.2 Å². The number of methoxy groups -OCH3 is 1. The van der Waals surface area contributed by atoms with Crippen LogP contribution in [0.1, 0.15) is 61.3 Å². The molecule has 0 bridgehead atoms. The van der Waals surface area contributed by atoms with Crippen LogP contribution >= 0.6 is 0 Å². The lowest BCUT2D eigenvalue weighted by molar-refractivity contribution is -0.138. The van der Waals surface area contributed by atoms with Gasteiger partial charge in [0.1, 0.15) is 5.75 Å². The van der Waals surface area contributed by atoms with E-state index < -0.39 is 23.8 Å². The molecule has 0 saturated carbocycles. The molecule has 1 aliphatic rings. The lowest BCUT2D eigenvalue weighted by Gasteiger charge is -2.39. The number of pyridine rings is 1. The maximum atomic E-state index is 12.8. The third-order valence-corrected chi connectivity index (χ3v) is 8.08. The Balaban J connectivity index is 1.33. The summed E-state index contributed by atoms with van der Waals surface area (Å²) in [5, 5.41) is 21.3. The summed E-state index contributed by atoms with van der Waals surface area (Å²) in [6, 6.07) is 12.8. The summed E-state index contributed by atoms with van der Waals surface area (Å²) in [6.45, 7) is 2.48. The van der Waals surface area contributed by atoms with E-state index in [2.05, 4.69) is 9.88 Å². The van der Waals surface area contributed by atoms with Crippen molar-refractivity contribution in [1.29, 1.82) is 0 Å². The number of carbonyl (C=O) groups is 1. The summed E-state index contributed by atoms with van der Waals surface area (Å²) in [5.74, 6) is 0.406. The van der Waals surface area contributed by atoms with Crippen molar-refractivity contribution in [1.82, 2.24) is 9.88 Å². The standard InChI is InChI=1S/C31H37F3N2O4/c1-40-25-10-11-28-27(19-25)26(14-16-35-28)29(37)12-6-22-15-18-36(20-23(22)7-13-30(38)39)17-2-3-21-4-8-24(9-5-21)31(32,33)34/h4-5,8-11,14,16,19,22-23,29,37H,2-3,6-7,12-13,15,17-18,20H2,1H3,(H,38,39)/t22-,23-,29-/m1/s1. The van der Waals surface area contributed by atoms with E-state index in [1.165, 1.54) is 12.1 Å². The van der Waals surface area contributed by atoms with Crippen molar-refractivity contribution in [3.05, 3.63) is 71.4 Å². The van der Waals surface area contributed by atoms with Crippen LogP contribution in [-0.2, 0) is 17.4 Å². The summed E-state index contributed by atoms with van der Waals surface area (Å²) < 4.78 is 43.8. The lowest BCUT2D eigenvalue weighted by Crippen LogP contribution is -2.41. The largest absolute Gasteiger partial charge is 0.497 e. The van der Waals surface area contributed by atoms with Crippen molar-refractivity contribution in [3.8, 4) is 5.75 Å². The molecular weight excluding hydrogens is 521 g/mol. The van der Waals surface area contributed by atoms with Gasteiger partial charge in [0.15, 0.2) is 0 Å². The predicted molar refractivity (Wildman–Crippen MR) is 147 cm³/mol. The molecule has 0 amide bonds. The highest BCUT2D eigenvalue weighted by Crippen LogP contribution is 2.35. The number of aliphatic hydroxyl groups is 1. The van der Waals surface area contributed by atoms with Crippen LogP contribution in [0.3, 0.4) is 0 Å². The first-order valence-corrected chi connectivity index (χ1v) is 13.8. The number of aromatic nitrogens is 1. The van der Waals surface area contributed by atoms with Gasteiger partial charge in [0.2, 0.25) is 0 Å².